The molecule has 0 bridgehead atoms. The molecule has 0 aliphatic heterocycles. The van der Waals surface area contributed by atoms with Crippen LogP contribution in [-0.2, 0) is 0 Å². The Hall–Kier alpha value is -1.000. The molecule has 2 rings (SSSR count). The molecule has 0 spiro atoms. The summed E-state index contributed by atoms with van der Waals surface area (Å²) in [6.45, 7) is 0. The Morgan fingerprint density at radius 3 is 2.00 bits per heavy atom. The maximum absolute atomic E-state index is 14.0. The SMILES string of the molecule is O=C(O)c1cc(F)c(-c2cc(Cl)c(Cl)cc2Cl)cc1Cl. The van der Waals surface area contributed by atoms with Gasteiger partial charge in [-0.2, -0.15) is 0 Å². The van der Waals surface area contributed by atoms with Gasteiger partial charge in [-0.05, 0) is 24.3 Å². The molecule has 0 aliphatic carbocycles. The lowest BCUT2D eigenvalue weighted by Crippen LogP contribution is -1.99. The maximum atomic E-state index is 14.0. The van der Waals surface area contributed by atoms with Crippen LogP contribution in [0.4, 0.5) is 4.39 Å². The number of aromatic carboxylic acids is 1. The van der Waals surface area contributed by atoms with Crippen LogP contribution in [-0.4, -0.2) is 11.1 Å². The molecule has 0 amide bonds. The molecule has 0 atom stereocenters. The highest BCUT2D eigenvalue weighted by molar-refractivity contribution is 6.44. The summed E-state index contributed by atoms with van der Waals surface area (Å²) in [5, 5.41) is 9.38. The Morgan fingerprint density at radius 2 is 1.40 bits per heavy atom. The molecule has 7 heteroatoms. The molecule has 1 N–H and O–H groups in total. The molecule has 104 valence electrons. The minimum Gasteiger partial charge on any atom is -0.478 e. The summed E-state index contributed by atoms with van der Waals surface area (Å²) < 4.78 is 14.0. The first-order chi connectivity index (χ1) is 9.31. The van der Waals surface area contributed by atoms with Crippen molar-refractivity contribution in [1.82, 2.24) is 0 Å². The van der Waals surface area contributed by atoms with Crippen LogP contribution in [0.1, 0.15) is 10.4 Å². The summed E-state index contributed by atoms with van der Waals surface area (Å²) >= 11 is 23.5. The molecule has 0 fully saturated rings. The third-order valence-electron chi connectivity index (χ3n) is 2.59. The normalized spacial score (nSPS) is 10.7. The van der Waals surface area contributed by atoms with Crippen LogP contribution in [0, 0.1) is 5.82 Å². The predicted octanol–water partition coefficient (Wildman–Crippen LogP) is 5.80. The maximum Gasteiger partial charge on any atom is 0.337 e. The van der Waals surface area contributed by atoms with Crippen LogP contribution in [0.15, 0.2) is 24.3 Å². The second-order valence-electron chi connectivity index (χ2n) is 3.86. The van der Waals surface area contributed by atoms with Crippen molar-refractivity contribution in [1.29, 1.82) is 0 Å². The van der Waals surface area contributed by atoms with Crippen molar-refractivity contribution in [2.45, 2.75) is 0 Å². The molecule has 0 aliphatic rings. The number of halogens is 5. The van der Waals surface area contributed by atoms with Gasteiger partial charge >= 0.3 is 5.97 Å². The molecule has 2 aromatic rings. The summed E-state index contributed by atoms with van der Waals surface area (Å²) in [6.07, 6.45) is 0. The Bertz CT molecular complexity index is 716. The number of carboxylic acid groups (broad SMARTS) is 1. The molecule has 0 heterocycles. The third kappa shape index (κ3) is 2.86. The number of hydrogen-bond donors (Lipinski definition) is 1. The zero-order valence-electron chi connectivity index (χ0n) is 9.55. The van der Waals surface area contributed by atoms with E-state index in [0.717, 1.165) is 6.07 Å². The van der Waals surface area contributed by atoms with E-state index in [1.807, 2.05) is 0 Å². The quantitative estimate of drug-likeness (QED) is 0.692. The van der Waals surface area contributed by atoms with Gasteiger partial charge in [0.15, 0.2) is 0 Å². The first-order valence-electron chi connectivity index (χ1n) is 5.18. The van der Waals surface area contributed by atoms with Crippen LogP contribution < -0.4 is 0 Å². The predicted molar refractivity (Wildman–Crippen MR) is 78.8 cm³/mol. The van der Waals surface area contributed by atoms with E-state index in [0.29, 0.717) is 0 Å². The number of carboxylic acids is 1. The van der Waals surface area contributed by atoms with E-state index >= 15 is 0 Å². The van der Waals surface area contributed by atoms with Crippen LogP contribution >= 0.6 is 46.4 Å². The highest BCUT2D eigenvalue weighted by Crippen LogP contribution is 2.38. The van der Waals surface area contributed by atoms with E-state index in [9.17, 15) is 9.18 Å². The van der Waals surface area contributed by atoms with Gasteiger partial charge in [0.05, 0.1) is 25.7 Å². The van der Waals surface area contributed by atoms with Gasteiger partial charge in [0.2, 0.25) is 0 Å². The summed E-state index contributed by atoms with van der Waals surface area (Å²) in [4.78, 5) is 10.9. The summed E-state index contributed by atoms with van der Waals surface area (Å²) in [5.74, 6) is -2.09. The van der Waals surface area contributed by atoms with Gasteiger partial charge in [0, 0.05) is 11.1 Å². The minimum absolute atomic E-state index is 0.0450. The molecule has 20 heavy (non-hydrogen) atoms. The monoisotopic (exact) mass is 352 g/mol. The molecule has 0 unspecified atom stereocenters. The van der Waals surface area contributed by atoms with Gasteiger partial charge in [0.1, 0.15) is 5.82 Å². The van der Waals surface area contributed by atoms with Crippen molar-refractivity contribution >= 4 is 52.4 Å². The first-order valence-corrected chi connectivity index (χ1v) is 6.69. The molecule has 2 nitrogen and oxygen atoms in total. The van der Waals surface area contributed by atoms with Gasteiger partial charge < -0.3 is 5.11 Å². The molecule has 0 saturated heterocycles. The van der Waals surface area contributed by atoms with Crippen molar-refractivity contribution in [3.8, 4) is 11.1 Å². The van der Waals surface area contributed by atoms with Crippen LogP contribution in [0.3, 0.4) is 0 Å². The molecule has 0 saturated carbocycles. The lowest BCUT2D eigenvalue weighted by Gasteiger charge is -2.10. The minimum atomic E-state index is -1.32. The van der Waals surface area contributed by atoms with Crippen molar-refractivity contribution in [3.63, 3.8) is 0 Å². The Morgan fingerprint density at radius 1 is 0.850 bits per heavy atom. The van der Waals surface area contributed by atoms with E-state index in [-0.39, 0.29) is 36.8 Å². The lowest BCUT2D eigenvalue weighted by atomic mass is 10.0. The van der Waals surface area contributed by atoms with Crippen LogP contribution in [0.5, 0.6) is 0 Å². The van der Waals surface area contributed by atoms with E-state index in [1.165, 1.54) is 18.2 Å². The zero-order chi connectivity index (χ0) is 15.0. The average molecular weight is 354 g/mol. The van der Waals surface area contributed by atoms with E-state index in [4.69, 9.17) is 51.5 Å². The zero-order valence-corrected chi connectivity index (χ0v) is 12.6. The second-order valence-corrected chi connectivity index (χ2v) is 5.49. The van der Waals surface area contributed by atoms with Gasteiger partial charge in [-0.15, -0.1) is 0 Å². The average Bonchev–Trinajstić information content (AvgIpc) is 2.36. The fourth-order valence-corrected chi connectivity index (χ4v) is 2.54. The number of carbonyl (C=O) groups is 1. The lowest BCUT2D eigenvalue weighted by molar-refractivity contribution is 0.0696. The number of rotatable bonds is 2. The molecular formula is C13H5Cl4FO2. The van der Waals surface area contributed by atoms with Crippen molar-refractivity contribution in [3.05, 3.63) is 55.7 Å². The van der Waals surface area contributed by atoms with Crippen LogP contribution in [0.25, 0.3) is 11.1 Å². The molecular weight excluding hydrogens is 349 g/mol. The summed E-state index contributed by atoms with van der Waals surface area (Å²) in [6, 6.07) is 4.78. The number of benzene rings is 2. The molecule has 2 aromatic carbocycles. The van der Waals surface area contributed by atoms with Gasteiger partial charge in [-0.3, -0.25) is 0 Å². The Balaban J connectivity index is 2.68. The Kier molecular flexibility index (Phi) is 4.45. The summed E-state index contributed by atoms with van der Waals surface area (Å²) in [7, 11) is 0. The van der Waals surface area contributed by atoms with E-state index < -0.39 is 11.8 Å². The fourth-order valence-electron chi connectivity index (χ4n) is 1.65. The summed E-state index contributed by atoms with van der Waals surface area (Å²) in [5.41, 5.74) is -0.00919. The fraction of sp³-hybridized carbons (Fsp3) is 0. The largest absolute Gasteiger partial charge is 0.478 e. The van der Waals surface area contributed by atoms with Crippen LogP contribution in [0.2, 0.25) is 20.1 Å². The topological polar surface area (TPSA) is 37.3 Å². The van der Waals surface area contributed by atoms with E-state index in [2.05, 4.69) is 0 Å². The van der Waals surface area contributed by atoms with Crippen molar-refractivity contribution in [2.24, 2.45) is 0 Å². The number of hydrogen-bond acceptors (Lipinski definition) is 1. The van der Waals surface area contributed by atoms with Crippen molar-refractivity contribution in [2.75, 3.05) is 0 Å². The highest BCUT2D eigenvalue weighted by atomic mass is 35.5. The van der Waals surface area contributed by atoms with Gasteiger partial charge in [-0.25, -0.2) is 9.18 Å². The van der Waals surface area contributed by atoms with Gasteiger partial charge in [-0.1, -0.05) is 46.4 Å². The third-order valence-corrected chi connectivity index (χ3v) is 3.93. The van der Waals surface area contributed by atoms with E-state index in [1.54, 1.807) is 0 Å². The molecule has 0 radical (unpaired) electrons. The van der Waals surface area contributed by atoms with Crippen molar-refractivity contribution < 1.29 is 14.3 Å². The highest BCUT2D eigenvalue weighted by Gasteiger charge is 2.17. The first kappa shape index (κ1) is 15.4. The standard InChI is InChI=1S/C13H5Cl4FO2/c14-8-2-6(12(18)3-7(8)13(19)20)5-1-10(16)11(17)4-9(5)15/h1-4H,(H,19,20). The smallest absolute Gasteiger partial charge is 0.337 e. The van der Waals surface area contributed by atoms with Gasteiger partial charge in [0.25, 0.3) is 0 Å². The Labute approximate surface area is 133 Å². The second kappa shape index (κ2) is 5.78. The molecule has 0 aromatic heterocycles.